The average molecular weight is 224 g/mol. The molecule has 0 atom stereocenters. The molecule has 0 unspecified atom stereocenters. The van der Waals surface area contributed by atoms with E-state index in [1.54, 1.807) is 18.2 Å². The molecular formula is C6H4N6O2S. The summed E-state index contributed by atoms with van der Waals surface area (Å²) in [6.07, 6.45) is 0. The molecule has 0 fully saturated rings. The second-order valence-corrected chi connectivity index (χ2v) is 3.97. The quantitative estimate of drug-likeness (QED) is 0.427. The van der Waals surface area contributed by atoms with Crippen molar-refractivity contribution in [1.29, 1.82) is 0 Å². The number of para-hydroxylation sites is 1. The summed E-state index contributed by atoms with van der Waals surface area (Å²) in [5, 5.41) is 7.02. The third-order valence-corrected chi connectivity index (χ3v) is 2.67. The van der Waals surface area contributed by atoms with E-state index in [2.05, 4.69) is 19.7 Å². The maximum Gasteiger partial charge on any atom is 0.345 e. The predicted molar refractivity (Wildman–Crippen MR) is 51.0 cm³/mol. The Hall–Kier alpha value is -2.12. The summed E-state index contributed by atoms with van der Waals surface area (Å²) in [6, 6.07) is 6.44. The summed E-state index contributed by atoms with van der Waals surface area (Å²) in [4.78, 5) is 2.22. The molecule has 1 aromatic carbocycles. The van der Waals surface area contributed by atoms with Gasteiger partial charge in [-0.25, -0.2) is 0 Å². The molecule has 0 spiro atoms. The standard InChI is InChI=1S/C6H4N6O2S/c7-9-11-15(13,14)12-6-4-2-1-3-5(6)8-10-12/h1-4H. The van der Waals surface area contributed by atoms with Crippen LogP contribution in [0.25, 0.3) is 21.5 Å². The Morgan fingerprint density at radius 1 is 1.40 bits per heavy atom. The Morgan fingerprint density at radius 2 is 2.13 bits per heavy atom. The first-order valence-corrected chi connectivity index (χ1v) is 5.17. The van der Waals surface area contributed by atoms with E-state index in [4.69, 9.17) is 5.53 Å². The van der Waals surface area contributed by atoms with Crippen LogP contribution >= 0.6 is 0 Å². The van der Waals surface area contributed by atoms with Gasteiger partial charge in [-0.15, -0.1) is 9.19 Å². The Kier molecular flexibility index (Phi) is 2.03. The molecule has 0 N–H and O–H groups in total. The lowest BCUT2D eigenvalue weighted by molar-refractivity contribution is 0.581. The first kappa shape index (κ1) is 9.44. The van der Waals surface area contributed by atoms with Crippen LogP contribution in [0.2, 0.25) is 0 Å². The van der Waals surface area contributed by atoms with E-state index in [-0.39, 0.29) is 5.52 Å². The van der Waals surface area contributed by atoms with Gasteiger partial charge in [0, 0.05) is 4.91 Å². The van der Waals surface area contributed by atoms with Crippen molar-refractivity contribution >= 4 is 21.2 Å². The van der Waals surface area contributed by atoms with E-state index in [0.717, 1.165) is 0 Å². The summed E-state index contributed by atoms with van der Waals surface area (Å²) < 4.78 is 25.9. The molecule has 0 saturated heterocycles. The molecule has 2 rings (SSSR count). The molecule has 0 aliphatic rings. The van der Waals surface area contributed by atoms with Crippen molar-refractivity contribution in [2.45, 2.75) is 0 Å². The van der Waals surface area contributed by atoms with Crippen LogP contribution in [0.4, 0.5) is 0 Å². The lowest BCUT2D eigenvalue weighted by Gasteiger charge is -1.95. The monoisotopic (exact) mass is 224 g/mol. The molecule has 8 nitrogen and oxygen atoms in total. The van der Waals surface area contributed by atoms with Crippen LogP contribution in [-0.4, -0.2) is 22.8 Å². The highest BCUT2D eigenvalue weighted by molar-refractivity contribution is 7.88. The van der Waals surface area contributed by atoms with E-state index >= 15 is 0 Å². The van der Waals surface area contributed by atoms with E-state index in [1.807, 2.05) is 0 Å². The van der Waals surface area contributed by atoms with Crippen LogP contribution in [0.3, 0.4) is 0 Å². The Bertz CT molecular complexity index is 653. The highest BCUT2D eigenvalue weighted by atomic mass is 32.2. The molecule has 0 saturated carbocycles. The van der Waals surface area contributed by atoms with Crippen molar-refractivity contribution in [3.05, 3.63) is 34.7 Å². The summed E-state index contributed by atoms with van der Waals surface area (Å²) >= 11 is 0. The zero-order chi connectivity index (χ0) is 10.9. The number of benzene rings is 1. The Labute approximate surface area is 83.9 Å². The molecule has 0 radical (unpaired) electrons. The van der Waals surface area contributed by atoms with Gasteiger partial charge in [0.25, 0.3) is 0 Å². The van der Waals surface area contributed by atoms with E-state index in [1.165, 1.54) is 6.07 Å². The van der Waals surface area contributed by atoms with Crippen LogP contribution in [0.15, 0.2) is 28.8 Å². The molecule has 0 amide bonds. The van der Waals surface area contributed by atoms with Gasteiger partial charge >= 0.3 is 10.2 Å². The maximum absolute atomic E-state index is 11.3. The van der Waals surface area contributed by atoms with E-state index < -0.39 is 10.2 Å². The average Bonchev–Trinajstić information content (AvgIpc) is 2.61. The molecule has 0 aliphatic heterocycles. The van der Waals surface area contributed by atoms with Gasteiger partial charge in [0.05, 0.1) is 4.52 Å². The number of aromatic nitrogens is 3. The normalized spacial score (nSPS) is 11.2. The third-order valence-electron chi connectivity index (χ3n) is 1.68. The predicted octanol–water partition coefficient (Wildman–Crippen LogP) is 0.835. The molecule has 1 aromatic heterocycles. The number of rotatable bonds is 2. The lowest BCUT2D eigenvalue weighted by atomic mass is 10.3. The number of hydrogen-bond donors (Lipinski definition) is 0. The van der Waals surface area contributed by atoms with Gasteiger partial charge in [-0.1, -0.05) is 17.3 Å². The van der Waals surface area contributed by atoms with Crippen molar-refractivity contribution in [2.24, 2.45) is 4.52 Å². The smallest absolute Gasteiger partial charge is 0.196 e. The fraction of sp³-hybridized carbons (Fsp3) is 0. The fourth-order valence-electron chi connectivity index (χ4n) is 1.10. The number of fused-ring (bicyclic) bond motifs is 1. The molecule has 15 heavy (non-hydrogen) atoms. The van der Waals surface area contributed by atoms with Crippen LogP contribution in [-0.2, 0) is 10.2 Å². The van der Waals surface area contributed by atoms with Gasteiger partial charge in [-0.05, 0) is 17.7 Å². The minimum absolute atomic E-state index is 0.268. The molecule has 2 aromatic rings. The van der Waals surface area contributed by atoms with Crippen LogP contribution in [0, 0.1) is 0 Å². The minimum Gasteiger partial charge on any atom is -0.196 e. The Morgan fingerprint density at radius 3 is 2.87 bits per heavy atom. The van der Waals surface area contributed by atoms with Gasteiger partial charge < -0.3 is 0 Å². The van der Waals surface area contributed by atoms with Gasteiger partial charge in [-0.2, -0.15) is 8.42 Å². The van der Waals surface area contributed by atoms with Gasteiger partial charge in [-0.3, -0.25) is 0 Å². The zero-order valence-corrected chi connectivity index (χ0v) is 8.03. The number of nitrogens with zero attached hydrogens (tertiary/aromatic N) is 6. The van der Waals surface area contributed by atoms with Crippen LogP contribution in [0.1, 0.15) is 0 Å². The minimum atomic E-state index is -4.14. The number of hydrogen-bond acceptors (Lipinski definition) is 4. The van der Waals surface area contributed by atoms with Gasteiger partial charge in [0.2, 0.25) is 0 Å². The van der Waals surface area contributed by atoms with Crippen molar-refractivity contribution in [3.63, 3.8) is 0 Å². The largest absolute Gasteiger partial charge is 0.345 e. The van der Waals surface area contributed by atoms with Crippen molar-refractivity contribution in [3.8, 4) is 0 Å². The molecular weight excluding hydrogens is 220 g/mol. The Balaban J connectivity index is 2.79. The highest BCUT2D eigenvalue weighted by Gasteiger charge is 2.15. The zero-order valence-electron chi connectivity index (χ0n) is 7.22. The molecule has 1 heterocycles. The second kappa shape index (κ2) is 3.23. The molecule has 0 aliphatic carbocycles. The number of azide groups is 1. The van der Waals surface area contributed by atoms with Crippen molar-refractivity contribution in [2.75, 3.05) is 0 Å². The highest BCUT2D eigenvalue weighted by Crippen LogP contribution is 2.12. The van der Waals surface area contributed by atoms with Crippen molar-refractivity contribution in [1.82, 2.24) is 14.4 Å². The third kappa shape index (κ3) is 1.49. The topological polar surface area (TPSA) is 114 Å². The summed E-state index contributed by atoms with van der Waals surface area (Å²) in [6.45, 7) is 0. The van der Waals surface area contributed by atoms with E-state index in [0.29, 0.717) is 9.60 Å². The summed E-state index contributed by atoms with van der Waals surface area (Å²) in [5.41, 5.74) is 8.77. The molecule has 76 valence electrons. The first-order chi connectivity index (χ1) is 7.15. The summed E-state index contributed by atoms with van der Waals surface area (Å²) in [7, 11) is -4.14. The van der Waals surface area contributed by atoms with Crippen molar-refractivity contribution < 1.29 is 8.42 Å². The van der Waals surface area contributed by atoms with Crippen LogP contribution in [0.5, 0.6) is 0 Å². The second-order valence-electron chi connectivity index (χ2n) is 2.57. The summed E-state index contributed by atoms with van der Waals surface area (Å²) in [5.74, 6) is 0. The van der Waals surface area contributed by atoms with Gasteiger partial charge in [0.1, 0.15) is 11.0 Å². The molecule has 0 bridgehead atoms. The first-order valence-electron chi connectivity index (χ1n) is 3.77. The van der Waals surface area contributed by atoms with Crippen LogP contribution < -0.4 is 0 Å². The fourth-order valence-corrected chi connectivity index (χ4v) is 1.79. The van der Waals surface area contributed by atoms with E-state index in [9.17, 15) is 8.42 Å². The SMILES string of the molecule is [N-]=[N+]=NS(=O)(=O)n1nnc2ccccc21. The maximum atomic E-state index is 11.3. The van der Waals surface area contributed by atoms with Gasteiger partial charge in [0.15, 0.2) is 0 Å². The lowest BCUT2D eigenvalue weighted by Crippen LogP contribution is -2.10. The molecule has 9 heteroatoms.